The van der Waals surface area contributed by atoms with Crippen molar-refractivity contribution in [2.75, 3.05) is 30.8 Å². The first-order valence-electron chi connectivity index (χ1n) is 13.5. The van der Waals surface area contributed by atoms with Gasteiger partial charge < -0.3 is 20.6 Å². The molecule has 3 N–H and O–H groups in total. The van der Waals surface area contributed by atoms with Crippen molar-refractivity contribution < 1.29 is 14.7 Å². The average molecular weight is 542 g/mol. The number of carbonyl (C=O) groups is 2. The number of nitrogens with zero attached hydrogens (tertiary/aromatic N) is 5. The SMILES string of the molecule is CNc1ccc(C(=O)Nc2ccc(-n3ncc4c(=O)n(CC5(O)CCN(C(=O)C6CC6)CC5)cnc43)cc2)cc1. The van der Waals surface area contributed by atoms with Gasteiger partial charge in [-0.2, -0.15) is 5.10 Å². The summed E-state index contributed by atoms with van der Waals surface area (Å²) in [5.74, 6) is 0.127. The van der Waals surface area contributed by atoms with Crippen molar-refractivity contribution in [1.29, 1.82) is 0 Å². The molecular formula is C29H31N7O4. The Morgan fingerprint density at radius 3 is 2.35 bits per heavy atom. The van der Waals surface area contributed by atoms with Crippen LogP contribution in [0, 0.1) is 5.92 Å². The van der Waals surface area contributed by atoms with Crippen LogP contribution in [-0.2, 0) is 11.3 Å². The number of likely N-dealkylation sites (tertiary alicyclic amines) is 1. The quantitative estimate of drug-likeness (QED) is 0.327. The van der Waals surface area contributed by atoms with E-state index in [2.05, 4.69) is 20.7 Å². The van der Waals surface area contributed by atoms with Crippen molar-refractivity contribution in [3.8, 4) is 5.69 Å². The molecule has 1 aliphatic carbocycles. The maximum Gasteiger partial charge on any atom is 0.264 e. The zero-order valence-electron chi connectivity index (χ0n) is 22.2. The number of fused-ring (bicyclic) bond motifs is 1. The Kier molecular flexibility index (Phi) is 6.59. The number of nitrogens with one attached hydrogen (secondary N) is 2. The standard InChI is InChI=1S/C29H31N7O4/c1-30-21-6-4-19(5-7-21)26(37)33-22-8-10-23(11-9-22)36-25-24(16-32-36)28(39)35(18-31-25)17-29(40)12-14-34(15-13-29)27(38)20-2-3-20/h4-11,16,18,20,30,40H,2-3,12-15,17H2,1H3,(H,33,37). The predicted octanol–water partition coefficient (Wildman–Crippen LogP) is 2.64. The summed E-state index contributed by atoms with van der Waals surface area (Å²) in [6.07, 6.45) is 5.67. The molecule has 3 heterocycles. The van der Waals surface area contributed by atoms with Crippen molar-refractivity contribution in [3.05, 3.63) is 77.0 Å². The van der Waals surface area contributed by atoms with Crippen LogP contribution in [0.4, 0.5) is 11.4 Å². The van der Waals surface area contributed by atoms with Crippen LogP contribution in [0.5, 0.6) is 0 Å². The summed E-state index contributed by atoms with van der Waals surface area (Å²) in [5, 5.41) is 21.8. The molecule has 0 unspecified atom stereocenters. The highest BCUT2D eigenvalue weighted by molar-refractivity contribution is 6.04. The van der Waals surface area contributed by atoms with Crippen LogP contribution in [-0.4, -0.2) is 66.9 Å². The lowest BCUT2D eigenvalue weighted by atomic mass is 9.91. The van der Waals surface area contributed by atoms with Gasteiger partial charge in [0.15, 0.2) is 5.65 Å². The van der Waals surface area contributed by atoms with Gasteiger partial charge in [0.2, 0.25) is 5.91 Å². The highest BCUT2D eigenvalue weighted by Gasteiger charge is 2.39. The van der Waals surface area contributed by atoms with E-state index in [0.717, 1.165) is 18.5 Å². The molecule has 1 aliphatic heterocycles. The van der Waals surface area contributed by atoms with Gasteiger partial charge in [-0.15, -0.1) is 0 Å². The van der Waals surface area contributed by atoms with Crippen LogP contribution >= 0.6 is 0 Å². The van der Waals surface area contributed by atoms with Crippen molar-refractivity contribution >= 4 is 34.2 Å². The van der Waals surface area contributed by atoms with E-state index in [-0.39, 0.29) is 29.8 Å². The van der Waals surface area contributed by atoms with Gasteiger partial charge in [-0.3, -0.25) is 19.0 Å². The number of benzene rings is 2. The number of aromatic nitrogens is 4. The smallest absolute Gasteiger partial charge is 0.264 e. The molecule has 206 valence electrons. The van der Waals surface area contributed by atoms with Gasteiger partial charge in [0.1, 0.15) is 11.7 Å². The van der Waals surface area contributed by atoms with E-state index in [0.29, 0.717) is 53.9 Å². The number of rotatable bonds is 7. The van der Waals surface area contributed by atoms with Gasteiger partial charge in [-0.1, -0.05) is 0 Å². The Hall–Kier alpha value is -4.51. The highest BCUT2D eigenvalue weighted by atomic mass is 16.3. The molecule has 0 bridgehead atoms. The molecule has 0 radical (unpaired) electrons. The summed E-state index contributed by atoms with van der Waals surface area (Å²) in [5.41, 5.74) is 1.81. The Balaban J connectivity index is 1.14. The maximum absolute atomic E-state index is 13.3. The van der Waals surface area contributed by atoms with Crippen LogP contribution in [0.15, 0.2) is 65.8 Å². The number of anilines is 2. The topological polar surface area (TPSA) is 134 Å². The highest BCUT2D eigenvalue weighted by Crippen LogP contribution is 2.33. The molecule has 2 amide bonds. The molecule has 6 rings (SSSR count). The van der Waals surface area contributed by atoms with E-state index in [1.165, 1.54) is 17.1 Å². The molecule has 0 spiro atoms. The summed E-state index contributed by atoms with van der Waals surface area (Å²) in [6, 6.07) is 14.3. The minimum Gasteiger partial charge on any atom is -0.388 e. The Labute approximate surface area is 230 Å². The monoisotopic (exact) mass is 541 g/mol. The number of amides is 2. The lowest BCUT2D eigenvalue weighted by Gasteiger charge is -2.38. The second-order valence-electron chi connectivity index (χ2n) is 10.6. The first-order chi connectivity index (χ1) is 19.3. The molecular weight excluding hydrogens is 510 g/mol. The van der Waals surface area contributed by atoms with Crippen LogP contribution in [0.1, 0.15) is 36.0 Å². The molecule has 2 aromatic carbocycles. The normalized spacial score (nSPS) is 16.6. The van der Waals surface area contributed by atoms with Gasteiger partial charge >= 0.3 is 0 Å². The van der Waals surface area contributed by atoms with E-state index >= 15 is 0 Å². The van der Waals surface area contributed by atoms with E-state index < -0.39 is 5.60 Å². The van der Waals surface area contributed by atoms with Crippen LogP contribution < -0.4 is 16.2 Å². The molecule has 2 aromatic heterocycles. The third-order valence-corrected chi connectivity index (χ3v) is 7.76. The lowest BCUT2D eigenvalue weighted by molar-refractivity contribution is -0.137. The summed E-state index contributed by atoms with van der Waals surface area (Å²) in [7, 11) is 1.82. The maximum atomic E-state index is 13.3. The zero-order chi connectivity index (χ0) is 27.9. The molecule has 1 saturated heterocycles. The summed E-state index contributed by atoms with van der Waals surface area (Å²) < 4.78 is 2.99. The van der Waals surface area contributed by atoms with Gasteiger partial charge in [0.25, 0.3) is 11.5 Å². The Morgan fingerprint density at radius 1 is 1.02 bits per heavy atom. The Bertz CT molecular complexity index is 1610. The molecule has 11 nitrogen and oxygen atoms in total. The van der Waals surface area contributed by atoms with Gasteiger partial charge in [0, 0.05) is 43.0 Å². The molecule has 2 aliphatic rings. The molecule has 0 atom stereocenters. The fraction of sp³-hybridized carbons (Fsp3) is 0.345. The number of piperidine rings is 1. The number of hydrogen-bond acceptors (Lipinski definition) is 7. The van der Waals surface area contributed by atoms with Crippen molar-refractivity contribution in [2.45, 2.75) is 37.8 Å². The summed E-state index contributed by atoms with van der Waals surface area (Å²) in [6.45, 7) is 1.10. The zero-order valence-corrected chi connectivity index (χ0v) is 22.2. The third-order valence-electron chi connectivity index (χ3n) is 7.76. The second-order valence-corrected chi connectivity index (χ2v) is 10.6. The molecule has 2 fully saturated rings. The average Bonchev–Trinajstić information content (AvgIpc) is 3.74. The van der Waals surface area contributed by atoms with E-state index in [9.17, 15) is 19.5 Å². The van der Waals surface area contributed by atoms with E-state index in [1.807, 2.05) is 24.1 Å². The fourth-order valence-corrected chi connectivity index (χ4v) is 5.13. The lowest BCUT2D eigenvalue weighted by Crippen LogP contribution is -2.50. The molecule has 11 heteroatoms. The van der Waals surface area contributed by atoms with Crippen LogP contribution in [0.2, 0.25) is 0 Å². The van der Waals surface area contributed by atoms with Gasteiger partial charge in [-0.25, -0.2) is 9.67 Å². The number of carbonyl (C=O) groups excluding carboxylic acids is 2. The largest absolute Gasteiger partial charge is 0.388 e. The van der Waals surface area contributed by atoms with Gasteiger partial charge in [-0.05, 0) is 74.2 Å². The van der Waals surface area contributed by atoms with Gasteiger partial charge in [0.05, 0.1) is 24.0 Å². The van der Waals surface area contributed by atoms with Crippen LogP contribution in [0.3, 0.4) is 0 Å². The first kappa shape index (κ1) is 25.8. The van der Waals surface area contributed by atoms with Crippen molar-refractivity contribution in [2.24, 2.45) is 5.92 Å². The van der Waals surface area contributed by atoms with Crippen LogP contribution in [0.25, 0.3) is 16.7 Å². The minimum absolute atomic E-state index is 0.109. The minimum atomic E-state index is -1.08. The molecule has 1 saturated carbocycles. The predicted molar refractivity (Wildman–Crippen MR) is 151 cm³/mol. The summed E-state index contributed by atoms with van der Waals surface area (Å²) >= 11 is 0. The summed E-state index contributed by atoms with van der Waals surface area (Å²) in [4.78, 5) is 44.5. The second kappa shape index (κ2) is 10.2. The molecule has 4 aromatic rings. The number of aliphatic hydroxyl groups is 1. The number of hydrogen-bond donors (Lipinski definition) is 3. The van der Waals surface area contributed by atoms with Crippen molar-refractivity contribution in [3.63, 3.8) is 0 Å². The fourth-order valence-electron chi connectivity index (χ4n) is 5.13. The first-order valence-corrected chi connectivity index (χ1v) is 13.5. The van der Waals surface area contributed by atoms with E-state index in [1.54, 1.807) is 41.1 Å². The third kappa shape index (κ3) is 5.07. The Morgan fingerprint density at radius 2 is 1.70 bits per heavy atom. The van der Waals surface area contributed by atoms with E-state index in [4.69, 9.17) is 0 Å². The molecule has 40 heavy (non-hydrogen) atoms. The van der Waals surface area contributed by atoms with Crippen molar-refractivity contribution in [1.82, 2.24) is 24.2 Å².